The highest BCUT2D eigenvalue weighted by molar-refractivity contribution is 5.91. The number of fused-ring (bicyclic) bond motifs is 2. The number of hydrogen-bond donors (Lipinski definition) is 0. The maximum Gasteiger partial charge on any atom is 0.417 e. The van der Waals surface area contributed by atoms with Crippen molar-refractivity contribution in [1.29, 1.82) is 0 Å². The van der Waals surface area contributed by atoms with Gasteiger partial charge in [-0.1, -0.05) is 23.4 Å². The molecule has 3 fully saturated rings. The van der Waals surface area contributed by atoms with Crippen LogP contribution in [-0.2, 0) is 28.4 Å². The molecule has 42 heavy (non-hydrogen) atoms. The molecule has 2 aliphatic heterocycles. The minimum Gasteiger partial charge on any atom is -0.465 e. The number of nitrogens with zero attached hydrogens (tertiary/aromatic N) is 3. The van der Waals surface area contributed by atoms with Crippen LogP contribution in [0.2, 0.25) is 0 Å². The van der Waals surface area contributed by atoms with Crippen molar-refractivity contribution in [3.63, 3.8) is 0 Å². The summed E-state index contributed by atoms with van der Waals surface area (Å²) in [6.45, 7) is 0.00522. The Balaban J connectivity index is 1.22. The SMILES string of the molecule is COC(=O)c1cnc(N2C3CCC2CC(OCc2c(-c4ccccc4C(F)(F)F)noc2C2CC2)C3)cc1C(F)(F)F. The van der Waals surface area contributed by atoms with Crippen molar-refractivity contribution in [3.05, 3.63) is 64.5 Å². The molecule has 3 aliphatic rings. The first-order valence-corrected chi connectivity index (χ1v) is 13.7. The Morgan fingerprint density at radius 2 is 1.67 bits per heavy atom. The summed E-state index contributed by atoms with van der Waals surface area (Å²) in [6, 6.07) is 5.81. The number of ether oxygens (including phenoxy) is 2. The highest BCUT2D eigenvalue weighted by Crippen LogP contribution is 2.47. The predicted molar refractivity (Wildman–Crippen MR) is 137 cm³/mol. The number of aromatic nitrogens is 2. The Morgan fingerprint density at radius 1 is 1.00 bits per heavy atom. The van der Waals surface area contributed by atoms with Gasteiger partial charge in [0, 0.05) is 35.3 Å². The molecule has 1 aromatic carbocycles. The molecule has 13 heteroatoms. The summed E-state index contributed by atoms with van der Waals surface area (Å²) < 4.78 is 99.0. The number of rotatable bonds is 7. The zero-order valence-corrected chi connectivity index (χ0v) is 22.5. The summed E-state index contributed by atoms with van der Waals surface area (Å²) >= 11 is 0. The van der Waals surface area contributed by atoms with Gasteiger partial charge in [-0.05, 0) is 50.7 Å². The summed E-state index contributed by atoms with van der Waals surface area (Å²) in [5.41, 5.74) is -2.03. The molecule has 0 spiro atoms. The quantitative estimate of drug-likeness (QED) is 0.212. The minimum atomic E-state index is -4.78. The molecule has 2 aromatic heterocycles. The van der Waals surface area contributed by atoms with Crippen LogP contribution in [0.1, 0.15) is 77.3 Å². The van der Waals surface area contributed by atoms with Gasteiger partial charge in [0.05, 0.1) is 36.5 Å². The van der Waals surface area contributed by atoms with Crippen LogP contribution in [0.4, 0.5) is 32.2 Å². The van der Waals surface area contributed by atoms with Gasteiger partial charge in [-0.2, -0.15) is 26.3 Å². The maximum atomic E-state index is 13.8. The molecule has 2 atom stereocenters. The van der Waals surface area contributed by atoms with Crippen LogP contribution in [-0.4, -0.2) is 41.4 Å². The van der Waals surface area contributed by atoms with Gasteiger partial charge in [0.1, 0.15) is 17.3 Å². The fourth-order valence-electron chi connectivity index (χ4n) is 6.21. The molecule has 2 saturated heterocycles. The average molecular weight is 596 g/mol. The first-order chi connectivity index (χ1) is 20.0. The summed E-state index contributed by atoms with van der Waals surface area (Å²) in [5.74, 6) is -0.366. The van der Waals surface area contributed by atoms with Crippen LogP contribution in [0.15, 0.2) is 41.1 Å². The lowest BCUT2D eigenvalue weighted by molar-refractivity contribution is -0.138. The van der Waals surface area contributed by atoms with Crippen molar-refractivity contribution >= 4 is 11.8 Å². The van der Waals surface area contributed by atoms with Gasteiger partial charge in [-0.25, -0.2) is 9.78 Å². The maximum absolute atomic E-state index is 13.8. The summed E-state index contributed by atoms with van der Waals surface area (Å²) in [5, 5.41) is 4.04. The van der Waals surface area contributed by atoms with Gasteiger partial charge in [0.25, 0.3) is 0 Å². The van der Waals surface area contributed by atoms with E-state index < -0.39 is 35.0 Å². The first-order valence-electron chi connectivity index (χ1n) is 13.7. The summed E-state index contributed by atoms with van der Waals surface area (Å²) in [7, 11) is 1.01. The second-order valence-electron chi connectivity index (χ2n) is 11.0. The Kier molecular flexibility index (Phi) is 7.19. The largest absolute Gasteiger partial charge is 0.465 e. The molecule has 0 amide bonds. The molecule has 0 radical (unpaired) electrons. The normalized spacial score (nSPS) is 22.5. The predicted octanol–water partition coefficient (Wildman–Crippen LogP) is 7.15. The van der Waals surface area contributed by atoms with Crippen LogP contribution in [0.3, 0.4) is 0 Å². The third kappa shape index (κ3) is 5.34. The molecule has 7 nitrogen and oxygen atoms in total. The van der Waals surface area contributed by atoms with Crippen LogP contribution < -0.4 is 4.90 Å². The molecule has 4 heterocycles. The zero-order valence-electron chi connectivity index (χ0n) is 22.5. The third-order valence-electron chi connectivity index (χ3n) is 8.27. The topological polar surface area (TPSA) is 77.7 Å². The Bertz CT molecular complexity index is 1470. The Labute approximate surface area is 236 Å². The van der Waals surface area contributed by atoms with E-state index in [0.29, 0.717) is 24.2 Å². The van der Waals surface area contributed by atoms with E-state index in [1.165, 1.54) is 18.2 Å². The van der Waals surface area contributed by atoms with Crippen LogP contribution >= 0.6 is 0 Å². The first kappa shape index (κ1) is 28.5. The van der Waals surface area contributed by atoms with Crippen molar-refractivity contribution in [2.24, 2.45) is 0 Å². The fourth-order valence-corrected chi connectivity index (χ4v) is 6.21. The number of hydrogen-bond acceptors (Lipinski definition) is 7. The zero-order chi connectivity index (χ0) is 29.8. The van der Waals surface area contributed by atoms with Crippen LogP contribution in [0, 0.1) is 0 Å². The molecule has 3 aromatic rings. The monoisotopic (exact) mass is 595 g/mol. The van der Waals surface area contributed by atoms with Crippen molar-refractivity contribution < 1.29 is 45.1 Å². The van der Waals surface area contributed by atoms with Gasteiger partial charge < -0.3 is 18.9 Å². The smallest absolute Gasteiger partial charge is 0.417 e. The fraction of sp³-hybridized carbons (Fsp3) is 0.483. The number of anilines is 1. The molecule has 1 aliphatic carbocycles. The van der Waals surface area contributed by atoms with Crippen molar-refractivity contribution in [1.82, 2.24) is 10.1 Å². The van der Waals surface area contributed by atoms with Gasteiger partial charge in [0.15, 0.2) is 0 Å². The third-order valence-corrected chi connectivity index (χ3v) is 8.27. The standard InChI is InChI=1S/C29H27F6N3O4/c1-40-27(39)20-13-36-24(12-23(20)29(33,34)35)38-16-8-9-17(38)11-18(10-16)41-14-21-25(37-42-26(21)15-6-7-15)19-4-2-3-5-22(19)28(30,31)32/h2-5,12-13,15-18H,6-11,14H2,1H3. The number of esters is 1. The van der Waals surface area contributed by atoms with Gasteiger partial charge in [0.2, 0.25) is 0 Å². The van der Waals surface area contributed by atoms with E-state index in [4.69, 9.17) is 9.26 Å². The van der Waals surface area contributed by atoms with Crippen molar-refractivity contribution in [2.45, 2.75) is 81.6 Å². The summed E-state index contributed by atoms with van der Waals surface area (Å²) in [4.78, 5) is 18.0. The number of methoxy groups -OCH3 is 1. The number of carbonyl (C=O) groups is 1. The van der Waals surface area contributed by atoms with E-state index >= 15 is 0 Å². The molecular formula is C29H27F6N3O4. The molecular weight excluding hydrogens is 568 g/mol. The van der Waals surface area contributed by atoms with Crippen molar-refractivity contribution in [2.75, 3.05) is 12.0 Å². The molecule has 2 bridgehead atoms. The molecule has 2 unspecified atom stereocenters. The molecule has 224 valence electrons. The van der Waals surface area contributed by atoms with E-state index in [0.717, 1.165) is 51.1 Å². The van der Waals surface area contributed by atoms with Crippen LogP contribution in [0.5, 0.6) is 0 Å². The highest BCUT2D eigenvalue weighted by Gasteiger charge is 2.44. The lowest BCUT2D eigenvalue weighted by Gasteiger charge is -2.40. The lowest BCUT2D eigenvalue weighted by Crippen LogP contribution is -2.46. The second kappa shape index (κ2) is 10.6. The molecule has 0 N–H and O–H groups in total. The van der Waals surface area contributed by atoms with E-state index in [-0.39, 0.29) is 47.8 Å². The van der Waals surface area contributed by atoms with Gasteiger partial charge >= 0.3 is 18.3 Å². The second-order valence-corrected chi connectivity index (χ2v) is 11.0. The lowest BCUT2D eigenvalue weighted by atomic mass is 9.98. The number of benzene rings is 1. The molecule has 1 saturated carbocycles. The van der Waals surface area contributed by atoms with Crippen molar-refractivity contribution in [3.8, 4) is 11.3 Å². The van der Waals surface area contributed by atoms with E-state index in [9.17, 15) is 31.1 Å². The van der Waals surface area contributed by atoms with Gasteiger partial charge in [-0.3, -0.25) is 0 Å². The Hall–Kier alpha value is -3.61. The number of piperidine rings is 1. The van der Waals surface area contributed by atoms with Gasteiger partial charge in [-0.15, -0.1) is 0 Å². The average Bonchev–Trinajstić information content (AvgIpc) is 3.65. The number of halogens is 6. The van der Waals surface area contributed by atoms with E-state index in [1.54, 1.807) is 0 Å². The van der Waals surface area contributed by atoms with E-state index in [2.05, 4.69) is 14.9 Å². The minimum absolute atomic E-state index is 0.00522. The number of alkyl halides is 6. The number of pyridine rings is 1. The number of carbonyl (C=O) groups excluding carboxylic acids is 1. The Morgan fingerprint density at radius 3 is 2.29 bits per heavy atom. The van der Waals surface area contributed by atoms with Crippen LogP contribution in [0.25, 0.3) is 11.3 Å². The van der Waals surface area contributed by atoms with E-state index in [1.807, 2.05) is 4.90 Å². The highest BCUT2D eigenvalue weighted by atomic mass is 19.4. The summed E-state index contributed by atoms with van der Waals surface area (Å²) in [6.07, 6.45) is -4.59. The molecule has 6 rings (SSSR count).